The predicted octanol–water partition coefficient (Wildman–Crippen LogP) is 5.69. The van der Waals surface area contributed by atoms with Crippen molar-refractivity contribution < 1.29 is 9.47 Å². The molecule has 4 nitrogen and oxygen atoms in total. The third-order valence-corrected chi connectivity index (χ3v) is 5.03. The van der Waals surface area contributed by atoms with Gasteiger partial charge in [0, 0.05) is 0 Å². The molecule has 2 aromatic rings. The summed E-state index contributed by atoms with van der Waals surface area (Å²) in [7, 11) is 3.44. The molecular formula is C24H37ClN2O2. The summed E-state index contributed by atoms with van der Waals surface area (Å²) >= 11 is 0. The molecule has 0 aliphatic carbocycles. The standard InChI is InChI=1S/C24H36N2O2.ClH/c1-5-7-15-25-23(19-11-9-13-21(17-19)27-3)24(26-16-8-6-2)20-12-10-14-22(18-20)28-4;/h9-14,17-18,23-26H,5-8,15-16H2,1-4H3;1H. The largest absolute Gasteiger partial charge is 0.497 e. The summed E-state index contributed by atoms with van der Waals surface area (Å²) in [6, 6.07) is 17.1. The highest BCUT2D eigenvalue weighted by atomic mass is 35.5. The molecule has 0 spiro atoms. The van der Waals surface area contributed by atoms with Gasteiger partial charge in [0.05, 0.1) is 26.3 Å². The minimum absolute atomic E-state index is 0. The van der Waals surface area contributed by atoms with E-state index >= 15 is 0 Å². The maximum absolute atomic E-state index is 5.48. The highest BCUT2D eigenvalue weighted by Gasteiger charge is 2.25. The van der Waals surface area contributed by atoms with Gasteiger partial charge in [-0.25, -0.2) is 0 Å². The minimum atomic E-state index is 0. The Hall–Kier alpha value is -1.75. The molecule has 0 saturated carbocycles. The number of unbranched alkanes of at least 4 members (excludes halogenated alkanes) is 2. The second-order valence-electron chi connectivity index (χ2n) is 7.12. The fourth-order valence-corrected chi connectivity index (χ4v) is 3.39. The van der Waals surface area contributed by atoms with E-state index < -0.39 is 0 Å². The van der Waals surface area contributed by atoms with Gasteiger partial charge in [-0.1, -0.05) is 51.0 Å². The van der Waals surface area contributed by atoms with Gasteiger partial charge in [-0.15, -0.1) is 12.4 Å². The number of ether oxygens (including phenoxy) is 2. The van der Waals surface area contributed by atoms with E-state index in [1.165, 1.54) is 24.0 Å². The monoisotopic (exact) mass is 420 g/mol. The van der Waals surface area contributed by atoms with Crippen molar-refractivity contribution in [1.29, 1.82) is 0 Å². The zero-order valence-corrected chi connectivity index (χ0v) is 19.1. The first kappa shape index (κ1) is 25.3. The van der Waals surface area contributed by atoms with E-state index in [0.717, 1.165) is 37.4 Å². The summed E-state index contributed by atoms with van der Waals surface area (Å²) in [6.45, 7) is 6.41. The number of hydrogen-bond donors (Lipinski definition) is 2. The first-order valence-corrected chi connectivity index (χ1v) is 10.5. The summed E-state index contributed by atoms with van der Waals surface area (Å²) in [5.41, 5.74) is 2.46. The van der Waals surface area contributed by atoms with Crippen LogP contribution in [0, 0.1) is 0 Å². The molecule has 0 aliphatic rings. The third kappa shape index (κ3) is 7.88. The van der Waals surface area contributed by atoms with Crippen molar-refractivity contribution in [3.63, 3.8) is 0 Å². The molecule has 2 aromatic carbocycles. The predicted molar refractivity (Wildman–Crippen MR) is 125 cm³/mol. The third-order valence-electron chi connectivity index (χ3n) is 5.03. The van der Waals surface area contributed by atoms with Crippen LogP contribution < -0.4 is 20.1 Å². The first-order valence-electron chi connectivity index (χ1n) is 10.5. The van der Waals surface area contributed by atoms with Crippen molar-refractivity contribution in [2.24, 2.45) is 0 Å². The van der Waals surface area contributed by atoms with Crippen LogP contribution in [0.15, 0.2) is 48.5 Å². The molecule has 29 heavy (non-hydrogen) atoms. The Balaban J connectivity index is 0.00000420. The molecule has 0 bridgehead atoms. The van der Waals surface area contributed by atoms with E-state index in [9.17, 15) is 0 Å². The van der Waals surface area contributed by atoms with Gasteiger partial charge in [0.15, 0.2) is 0 Å². The van der Waals surface area contributed by atoms with E-state index in [1.807, 2.05) is 12.1 Å². The van der Waals surface area contributed by atoms with Crippen LogP contribution in [0.25, 0.3) is 0 Å². The number of hydrogen-bond acceptors (Lipinski definition) is 4. The Morgan fingerprint density at radius 1 is 0.724 bits per heavy atom. The molecule has 2 N–H and O–H groups in total. The Kier molecular flexibility index (Phi) is 12.4. The minimum Gasteiger partial charge on any atom is -0.497 e. The Labute approximate surface area is 182 Å². The summed E-state index contributed by atoms with van der Waals surface area (Å²) in [4.78, 5) is 0. The summed E-state index contributed by atoms with van der Waals surface area (Å²) in [6.07, 6.45) is 4.65. The topological polar surface area (TPSA) is 42.5 Å². The molecular weight excluding hydrogens is 384 g/mol. The van der Waals surface area contributed by atoms with Crippen LogP contribution in [-0.4, -0.2) is 27.3 Å². The maximum atomic E-state index is 5.48. The van der Waals surface area contributed by atoms with Gasteiger partial charge in [-0.3, -0.25) is 0 Å². The molecule has 0 saturated heterocycles. The quantitative estimate of drug-likeness (QED) is 0.408. The molecule has 5 heteroatoms. The number of halogens is 1. The van der Waals surface area contributed by atoms with Crippen molar-refractivity contribution in [2.75, 3.05) is 27.3 Å². The molecule has 0 heterocycles. The number of rotatable bonds is 13. The van der Waals surface area contributed by atoms with Crippen LogP contribution in [0.5, 0.6) is 11.5 Å². The Morgan fingerprint density at radius 3 is 1.48 bits per heavy atom. The second-order valence-corrected chi connectivity index (χ2v) is 7.12. The maximum Gasteiger partial charge on any atom is 0.119 e. The highest BCUT2D eigenvalue weighted by molar-refractivity contribution is 5.85. The van der Waals surface area contributed by atoms with E-state index in [4.69, 9.17) is 9.47 Å². The lowest BCUT2D eigenvalue weighted by Crippen LogP contribution is -2.36. The Bertz CT molecular complexity index is 637. The first-order chi connectivity index (χ1) is 13.7. The molecule has 2 unspecified atom stereocenters. The highest BCUT2D eigenvalue weighted by Crippen LogP contribution is 2.32. The van der Waals surface area contributed by atoms with Gasteiger partial charge in [0.25, 0.3) is 0 Å². The zero-order valence-electron chi connectivity index (χ0n) is 18.2. The zero-order chi connectivity index (χ0) is 20.2. The van der Waals surface area contributed by atoms with Crippen LogP contribution >= 0.6 is 12.4 Å². The SMILES string of the molecule is CCCCNC(c1cccc(OC)c1)C(NCCCC)c1cccc(OC)c1.Cl. The van der Waals surface area contributed by atoms with Crippen LogP contribution in [-0.2, 0) is 0 Å². The van der Waals surface area contributed by atoms with Crippen LogP contribution in [0.3, 0.4) is 0 Å². The fraction of sp³-hybridized carbons (Fsp3) is 0.500. The van der Waals surface area contributed by atoms with E-state index in [0.29, 0.717) is 0 Å². The smallest absolute Gasteiger partial charge is 0.119 e. The lowest BCUT2D eigenvalue weighted by Gasteiger charge is -2.31. The average Bonchev–Trinajstić information content (AvgIpc) is 2.75. The van der Waals surface area contributed by atoms with Crippen LogP contribution in [0.4, 0.5) is 0 Å². The molecule has 0 amide bonds. The van der Waals surface area contributed by atoms with Gasteiger partial charge >= 0.3 is 0 Å². The molecule has 2 rings (SSSR count). The van der Waals surface area contributed by atoms with Crippen molar-refractivity contribution in [2.45, 2.75) is 51.6 Å². The Morgan fingerprint density at radius 2 is 1.14 bits per heavy atom. The van der Waals surface area contributed by atoms with E-state index in [1.54, 1.807) is 14.2 Å². The van der Waals surface area contributed by atoms with Gasteiger partial charge in [-0.2, -0.15) is 0 Å². The summed E-state index contributed by atoms with van der Waals surface area (Å²) in [5.74, 6) is 1.77. The fourth-order valence-electron chi connectivity index (χ4n) is 3.39. The second kappa shape index (κ2) is 14.3. The molecule has 0 fully saturated rings. The molecule has 0 radical (unpaired) electrons. The van der Waals surface area contributed by atoms with Crippen LogP contribution in [0.1, 0.15) is 62.7 Å². The summed E-state index contributed by atoms with van der Waals surface area (Å²) in [5, 5.41) is 7.58. The average molecular weight is 421 g/mol. The van der Waals surface area contributed by atoms with Gasteiger partial charge in [0.2, 0.25) is 0 Å². The summed E-state index contributed by atoms with van der Waals surface area (Å²) < 4.78 is 11.0. The normalized spacial score (nSPS) is 12.7. The van der Waals surface area contributed by atoms with Gasteiger partial charge in [0.1, 0.15) is 11.5 Å². The molecule has 0 aromatic heterocycles. The number of benzene rings is 2. The van der Waals surface area contributed by atoms with E-state index in [-0.39, 0.29) is 24.5 Å². The van der Waals surface area contributed by atoms with Gasteiger partial charge < -0.3 is 20.1 Å². The van der Waals surface area contributed by atoms with Crippen molar-refractivity contribution in [3.05, 3.63) is 59.7 Å². The van der Waals surface area contributed by atoms with Crippen molar-refractivity contribution in [3.8, 4) is 11.5 Å². The lowest BCUT2D eigenvalue weighted by atomic mass is 9.92. The lowest BCUT2D eigenvalue weighted by molar-refractivity contribution is 0.372. The molecule has 0 aliphatic heterocycles. The number of nitrogens with one attached hydrogen (secondary N) is 2. The molecule has 162 valence electrons. The van der Waals surface area contributed by atoms with Crippen molar-refractivity contribution >= 4 is 12.4 Å². The van der Waals surface area contributed by atoms with Gasteiger partial charge in [-0.05, 0) is 61.3 Å². The van der Waals surface area contributed by atoms with E-state index in [2.05, 4.69) is 60.9 Å². The number of methoxy groups -OCH3 is 2. The van der Waals surface area contributed by atoms with Crippen LogP contribution in [0.2, 0.25) is 0 Å². The molecule has 2 atom stereocenters. The van der Waals surface area contributed by atoms with Crippen molar-refractivity contribution in [1.82, 2.24) is 10.6 Å².